The molecule has 0 unspecified atom stereocenters. The Kier molecular flexibility index (Phi) is 8.37. The molecule has 1 saturated carbocycles. The number of aromatic nitrogens is 2. The normalized spacial score (nSPS) is 21.7. The van der Waals surface area contributed by atoms with Crippen LogP contribution in [-0.2, 0) is 35.7 Å². The molecule has 2 heterocycles. The zero-order chi connectivity index (χ0) is 18.8. The topological polar surface area (TPSA) is 92.2 Å². The molecule has 0 spiro atoms. The van der Waals surface area contributed by atoms with E-state index in [0.717, 1.165) is 25.1 Å². The van der Waals surface area contributed by atoms with Crippen LogP contribution >= 0.6 is 0 Å². The zero-order valence-corrected chi connectivity index (χ0v) is 15.8. The van der Waals surface area contributed by atoms with Crippen molar-refractivity contribution in [2.75, 3.05) is 59.5 Å². The van der Waals surface area contributed by atoms with Gasteiger partial charge in [-0.3, -0.25) is 0 Å². The third-order valence-electron chi connectivity index (χ3n) is 4.97. The van der Waals surface area contributed by atoms with Crippen LogP contribution in [0.5, 0.6) is 0 Å². The predicted octanol–water partition coefficient (Wildman–Crippen LogP) is 0.856. The Bertz CT molecular complexity index is 549. The van der Waals surface area contributed by atoms with Gasteiger partial charge in [-0.2, -0.15) is 0 Å². The highest BCUT2D eigenvalue weighted by atomic mass is 16.6. The lowest BCUT2D eigenvalue weighted by Gasteiger charge is -2.40. The van der Waals surface area contributed by atoms with Crippen molar-refractivity contribution in [1.82, 2.24) is 9.97 Å². The van der Waals surface area contributed by atoms with E-state index >= 15 is 0 Å². The van der Waals surface area contributed by atoms with Crippen molar-refractivity contribution < 1.29 is 28.8 Å². The molecule has 0 bridgehead atoms. The molecule has 1 aromatic heterocycles. The Morgan fingerprint density at radius 1 is 1.11 bits per heavy atom. The van der Waals surface area contributed by atoms with Crippen molar-refractivity contribution in [3.63, 3.8) is 0 Å². The summed E-state index contributed by atoms with van der Waals surface area (Å²) in [7, 11) is 0. The first-order valence-electron chi connectivity index (χ1n) is 9.68. The molecule has 1 atom stereocenters. The molecule has 0 amide bonds. The van der Waals surface area contributed by atoms with Gasteiger partial charge < -0.3 is 28.8 Å². The van der Waals surface area contributed by atoms with Crippen LogP contribution in [0.1, 0.15) is 30.8 Å². The first kappa shape index (κ1) is 20.6. The summed E-state index contributed by atoms with van der Waals surface area (Å²) in [5.41, 5.74) is 0.538. The van der Waals surface area contributed by atoms with Crippen LogP contribution in [0.4, 0.5) is 0 Å². The van der Waals surface area contributed by atoms with Gasteiger partial charge in [0.1, 0.15) is 11.9 Å². The lowest BCUT2D eigenvalue weighted by Crippen LogP contribution is -2.41. The fraction of sp³-hybridized carbons (Fsp3) is 0.789. The smallest absolute Gasteiger partial charge is 0.137 e. The van der Waals surface area contributed by atoms with Crippen LogP contribution < -0.4 is 0 Å². The minimum absolute atomic E-state index is 0.0345. The summed E-state index contributed by atoms with van der Waals surface area (Å²) < 4.78 is 27.7. The second-order valence-electron chi connectivity index (χ2n) is 6.97. The van der Waals surface area contributed by atoms with Crippen LogP contribution in [0, 0.1) is 0 Å². The molecule has 8 heteroatoms. The Morgan fingerprint density at radius 3 is 2.63 bits per heavy atom. The molecule has 1 aromatic rings. The second-order valence-corrected chi connectivity index (χ2v) is 6.97. The summed E-state index contributed by atoms with van der Waals surface area (Å²) in [5, 5.41) is 9.27. The summed E-state index contributed by atoms with van der Waals surface area (Å²) in [6, 6.07) is 1.74. The van der Waals surface area contributed by atoms with Crippen molar-refractivity contribution >= 4 is 0 Å². The number of ether oxygens (including phenoxy) is 5. The highest BCUT2D eigenvalue weighted by Gasteiger charge is 2.41. The maximum atomic E-state index is 9.27. The molecule has 152 valence electrons. The van der Waals surface area contributed by atoms with E-state index in [2.05, 4.69) is 9.97 Å². The van der Waals surface area contributed by atoms with Crippen molar-refractivity contribution in [3.05, 3.63) is 23.8 Å². The number of hydrogen-bond acceptors (Lipinski definition) is 8. The number of rotatable bonds is 12. The summed E-state index contributed by atoms with van der Waals surface area (Å²) in [4.78, 5) is 8.86. The summed E-state index contributed by atoms with van der Waals surface area (Å²) in [6.45, 7) is 5.08. The summed E-state index contributed by atoms with van der Waals surface area (Å²) >= 11 is 0. The van der Waals surface area contributed by atoms with Gasteiger partial charge in [-0.25, -0.2) is 9.97 Å². The molecule has 27 heavy (non-hydrogen) atoms. The van der Waals surface area contributed by atoms with E-state index in [9.17, 15) is 5.11 Å². The van der Waals surface area contributed by atoms with E-state index < -0.39 is 0 Å². The van der Waals surface area contributed by atoms with Crippen LogP contribution in [0.25, 0.3) is 0 Å². The summed E-state index contributed by atoms with van der Waals surface area (Å²) in [6.07, 6.45) is 4.93. The standard InChI is InChI=1S/C19H30N2O6/c22-12-16-2-5-20-18(21-16)19(3-1-4-19)15-26-9-7-23-6-8-24-13-17-14-25-10-11-27-17/h2,5,17,22H,1,3-4,6-15H2/t17-/m0/s1. The number of nitrogens with zero attached hydrogens (tertiary/aromatic N) is 2. The van der Waals surface area contributed by atoms with Crippen molar-refractivity contribution in [2.45, 2.75) is 37.4 Å². The van der Waals surface area contributed by atoms with Gasteiger partial charge in [-0.05, 0) is 18.9 Å². The van der Waals surface area contributed by atoms with Gasteiger partial charge in [0.05, 0.1) is 77.2 Å². The monoisotopic (exact) mass is 382 g/mol. The van der Waals surface area contributed by atoms with E-state index in [1.807, 2.05) is 0 Å². The van der Waals surface area contributed by atoms with Crippen molar-refractivity contribution in [3.8, 4) is 0 Å². The molecule has 1 N–H and O–H groups in total. The molecule has 0 radical (unpaired) electrons. The van der Waals surface area contributed by atoms with Crippen LogP contribution in [0.15, 0.2) is 12.3 Å². The fourth-order valence-electron chi connectivity index (χ4n) is 3.23. The quantitative estimate of drug-likeness (QED) is 0.532. The molecule has 0 aromatic carbocycles. The first-order valence-corrected chi connectivity index (χ1v) is 9.68. The molecule has 8 nitrogen and oxygen atoms in total. The average Bonchev–Trinajstić information content (AvgIpc) is 2.69. The largest absolute Gasteiger partial charge is 0.390 e. The predicted molar refractivity (Wildman–Crippen MR) is 96.5 cm³/mol. The van der Waals surface area contributed by atoms with E-state index in [-0.39, 0.29) is 18.1 Å². The summed E-state index contributed by atoms with van der Waals surface area (Å²) in [5.74, 6) is 0.781. The van der Waals surface area contributed by atoms with Gasteiger partial charge in [0, 0.05) is 6.20 Å². The van der Waals surface area contributed by atoms with Crippen LogP contribution in [0.2, 0.25) is 0 Å². The molecule has 2 aliphatic rings. The van der Waals surface area contributed by atoms with Crippen LogP contribution in [0.3, 0.4) is 0 Å². The van der Waals surface area contributed by atoms with E-state index in [1.165, 1.54) is 0 Å². The van der Waals surface area contributed by atoms with Crippen molar-refractivity contribution in [1.29, 1.82) is 0 Å². The average molecular weight is 382 g/mol. The van der Waals surface area contributed by atoms with Crippen LogP contribution in [-0.4, -0.2) is 80.6 Å². The lowest BCUT2D eigenvalue weighted by molar-refractivity contribution is -0.118. The van der Waals surface area contributed by atoms with Gasteiger partial charge in [-0.15, -0.1) is 0 Å². The Hall–Kier alpha value is -1.16. The molecule has 1 aliphatic heterocycles. The highest BCUT2D eigenvalue weighted by molar-refractivity contribution is 5.15. The maximum Gasteiger partial charge on any atom is 0.137 e. The van der Waals surface area contributed by atoms with Gasteiger partial charge in [0.25, 0.3) is 0 Å². The first-order chi connectivity index (χ1) is 13.3. The van der Waals surface area contributed by atoms with E-state index in [4.69, 9.17) is 23.7 Å². The third-order valence-corrected chi connectivity index (χ3v) is 4.97. The highest BCUT2D eigenvalue weighted by Crippen LogP contribution is 2.42. The minimum Gasteiger partial charge on any atom is -0.390 e. The lowest BCUT2D eigenvalue weighted by atomic mass is 9.68. The Balaban J connectivity index is 1.25. The molecular weight excluding hydrogens is 352 g/mol. The van der Waals surface area contributed by atoms with Gasteiger partial charge in [0.15, 0.2) is 0 Å². The van der Waals surface area contributed by atoms with Gasteiger partial charge in [0.2, 0.25) is 0 Å². The van der Waals surface area contributed by atoms with E-state index in [1.54, 1.807) is 12.3 Å². The van der Waals surface area contributed by atoms with Gasteiger partial charge >= 0.3 is 0 Å². The molecular formula is C19H30N2O6. The minimum atomic E-state index is -0.115. The fourth-order valence-corrected chi connectivity index (χ4v) is 3.23. The van der Waals surface area contributed by atoms with E-state index in [0.29, 0.717) is 65.2 Å². The Labute approximate surface area is 160 Å². The maximum absolute atomic E-state index is 9.27. The second kappa shape index (κ2) is 11.0. The number of aliphatic hydroxyl groups is 1. The molecule has 3 rings (SSSR count). The van der Waals surface area contributed by atoms with Crippen molar-refractivity contribution in [2.24, 2.45) is 0 Å². The SMILES string of the molecule is OCc1ccnc(C2(COCCOCCOC[C@H]3COCCO3)CCC2)n1. The molecule has 1 saturated heterocycles. The Morgan fingerprint density at radius 2 is 1.93 bits per heavy atom. The number of hydrogen-bond donors (Lipinski definition) is 1. The molecule has 2 fully saturated rings. The zero-order valence-electron chi connectivity index (χ0n) is 15.8. The van der Waals surface area contributed by atoms with Gasteiger partial charge in [-0.1, -0.05) is 6.42 Å². The number of aliphatic hydroxyl groups excluding tert-OH is 1. The third kappa shape index (κ3) is 6.17. The molecule has 1 aliphatic carbocycles.